The first-order valence-corrected chi connectivity index (χ1v) is 13.6. The monoisotopic (exact) mass is 519 g/mol. The molecule has 0 unspecified atom stereocenters. The second-order valence-corrected chi connectivity index (χ2v) is 10.5. The van der Waals surface area contributed by atoms with Gasteiger partial charge in [0.25, 0.3) is 0 Å². The summed E-state index contributed by atoms with van der Waals surface area (Å²) in [5.41, 5.74) is 2.92. The van der Waals surface area contributed by atoms with Crippen LogP contribution in [0.3, 0.4) is 0 Å². The third-order valence-electron chi connectivity index (χ3n) is 6.56. The molecule has 3 aromatic heterocycles. The summed E-state index contributed by atoms with van der Waals surface area (Å²) in [4.78, 5) is 21.9. The van der Waals surface area contributed by atoms with Gasteiger partial charge in [-0.3, -0.25) is 0 Å². The molecule has 10 heteroatoms. The number of benzene rings is 1. The number of thiazole rings is 1. The van der Waals surface area contributed by atoms with Crippen LogP contribution in [-0.4, -0.2) is 62.5 Å². The van der Waals surface area contributed by atoms with E-state index in [2.05, 4.69) is 22.8 Å². The lowest BCUT2D eigenvalue weighted by atomic mass is 9.93. The Kier molecular flexibility index (Phi) is 8.08. The number of aliphatic hydroxyl groups is 2. The first-order valence-electron chi connectivity index (χ1n) is 12.8. The number of hydrogen-bond acceptors (Lipinski definition) is 10. The minimum Gasteiger partial charge on any atom is -0.396 e. The van der Waals surface area contributed by atoms with Gasteiger partial charge in [0.2, 0.25) is 5.95 Å². The van der Waals surface area contributed by atoms with Gasteiger partial charge in [-0.05, 0) is 49.8 Å². The normalized spacial score (nSPS) is 17.6. The average Bonchev–Trinajstić information content (AvgIpc) is 3.30. The van der Waals surface area contributed by atoms with E-state index in [9.17, 15) is 5.11 Å². The van der Waals surface area contributed by atoms with E-state index >= 15 is 0 Å². The van der Waals surface area contributed by atoms with Crippen LogP contribution in [0.2, 0.25) is 0 Å². The molecule has 194 valence electrons. The zero-order valence-corrected chi connectivity index (χ0v) is 21.8. The van der Waals surface area contributed by atoms with Crippen molar-refractivity contribution in [1.29, 1.82) is 0 Å². The van der Waals surface area contributed by atoms with Crippen molar-refractivity contribution < 1.29 is 10.2 Å². The zero-order valence-electron chi connectivity index (χ0n) is 21.0. The van der Waals surface area contributed by atoms with E-state index < -0.39 is 0 Å². The molecular weight excluding hydrogens is 486 g/mol. The number of aliphatic hydroxyl groups excluding tert-OH is 2. The quantitative estimate of drug-likeness (QED) is 0.242. The molecule has 9 nitrogen and oxygen atoms in total. The van der Waals surface area contributed by atoms with Gasteiger partial charge in [0.05, 0.1) is 11.8 Å². The molecule has 1 aliphatic carbocycles. The van der Waals surface area contributed by atoms with Crippen LogP contribution in [0.5, 0.6) is 0 Å². The molecule has 0 amide bonds. The molecule has 1 fully saturated rings. The van der Waals surface area contributed by atoms with Gasteiger partial charge in [-0.15, -0.1) is 0 Å². The van der Waals surface area contributed by atoms with Gasteiger partial charge in [-0.2, -0.15) is 4.98 Å². The summed E-state index contributed by atoms with van der Waals surface area (Å²) in [5.74, 6) is 2.12. The van der Waals surface area contributed by atoms with Crippen LogP contribution in [0.25, 0.3) is 10.3 Å². The summed E-state index contributed by atoms with van der Waals surface area (Å²) in [7, 11) is 1.97. The number of nitrogens with one attached hydrogen (secondary N) is 2. The Hall–Kier alpha value is -3.34. The lowest BCUT2D eigenvalue weighted by Crippen LogP contribution is -2.29. The first kappa shape index (κ1) is 25.3. The zero-order chi connectivity index (χ0) is 25.6. The molecule has 3 heterocycles. The fourth-order valence-corrected chi connectivity index (χ4v) is 5.37. The van der Waals surface area contributed by atoms with E-state index in [-0.39, 0.29) is 18.8 Å². The SMILES string of the molecule is CN(CCCO)c1ccc2nc(Nc3cc(Cc4ccccc4)nc(N[C@H]4CC[C@H](O)CC4)n3)sc2n1. The fraction of sp³-hybridized carbons (Fsp3) is 0.407. The van der Waals surface area contributed by atoms with Crippen LogP contribution in [-0.2, 0) is 6.42 Å². The van der Waals surface area contributed by atoms with E-state index in [4.69, 9.17) is 25.0 Å². The molecule has 4 aromatic rings. The summed E-state index contributed by atoms with van der Waals surface area (Å²) >= 11 is 1.48. The number of hydrogen-bond donors (Lipinski definition) is 4. The maximum absolute atomic E-state index is 9.86. The Balaban J connectivity index is 1.38. The Labute approximate surface area is 220 Å². The summed E-state index contributed by atoms with van der Waals surface area (Å²) in [5, 5.41) is 26.6. The number of fused-ring (bicyclic) bond motifs is 1. The highest BCUT2D eigenvalue weighted by Crippen LogP contribution is 2.29. The van der Waals surface area contributed by atoms with Crippen LogP contribution in [0.1, 0.15) is 43.4 Å². The van der Waals surface area contributed by atoms with Crippen LogP contribution in [0.15, 0.2) is 48.5 Å². The molecule has 37 heavy (non-hydrogen) atoms. The lowest BCUT2D eigenvalue weighted by molar-refractivity contribution is 0.126. The van der Waals surface area contributed by atoms with Crippen molar-refractivity contribution in [2.24, 2.45) is 0 Å². The molecule has 0 saturated heterocycles. The Morgan fingerprint density at radius 2 is 1.81 bits per heavy atom. The lowest BCUT2D eigenvalue weighted by Gasteiger charge is -2.26. The molecule has 1 aliphatic rings. The van der Waals surface area contributed by atoms with Crippen molar-refractivity contribution in [1.82, 2.24) is 19.9 Å². The fourth-order valence-electron chi connectivity index (χ4n) is 4.53. The van der Waals surface area contributed by atoms with E-state index in [1.165, 1.54) is 16.9 Å². The number of aromatic nitrogens is 4. The maximum atomic E-state index is 9.86. The highest BCUT2D eigenvalue weighted by atomic mass is 32.1. The van der Waals surface area contributed by atoms with E-state index in [0.29, 0.717) is 29.7 Å². The second-order valence-electron chi connectivity index (χ2n) is 9.52. The largest absolute Gasteiger partial charge is 0.396 e. The van der Waals surface area contributed by atoms with Crippen LogP contribution >= 0.6 is 11.3 Å². The molecule has 0 spiro atoms. The third kappa shape index (κ3) is 6.71. The summed E-state index contributed by atoms with van der Waals surface area (Å²) in [6.45, 7) is 0.895. The van der Waals surface area contributed by atoms with Crippen LogP contribution in [0, 0.1) is 0 Å². The van der Waals surface area contributed by atoms with Crippen molar-refractivity contribution in [2.75, 3.05) is 35.7 Å². The highest BCUT2D eigenvalue weighted by molar-refractivity contribution is 7.21. The molecule has 0 atom stereocenters. The van der Waals surface area contributed by atoms with Crippen molar-refractivity contribution in [3.05, 3.63) is 59.8 Å². The summed E-state index contributed by atoms with van der Waals surface area (Å²) < 4.78 is 0. The van der Waals surface area contributed by atoms with Crippen LogP contribution in [0.4, 0.5) is 22.7 Å². The molecule has 0 aliphatic heterocycles. The molecule has 4 N–H and O–H groups in total. The van der Waals surface area contributed by atoms with Crippen LogP contribution < -0.4 is 15.5 Å². The molecule has 1 saturated carbocycles. The van der Waals surface area contributed by atoms with Crippen molar-refractivity contribution in [3.63, 3.8) is 0 Å². The Bertz CT molecular complexity index is 1310. The Morgan fingerprint density at radius 1 is 1.00 bits per heavy atom. The van der Waals surface area contributed by atoms with Crippen molar-refractivity contribution in [2.45, 2.75) is 50.7 Å². The minimum absolute atomic E-state index is 0.159. The smallest absolute Gasteiger partial charge is 0.225 e. The summed E-state index contributed by atoms with van der Waals surface area (Å²) in [6.07, 6.45) is 4.57. The molecular formula is C27H33N7O2S. The first-order chi connectivity index (χ1) is 18.1. The van der Waals surface area contributed by atoms with Gasteiger partial charge in [0, 0.05) is 38.7 Å². The number of rotatable bonds is 10. The molecule has 0 radical (unpaired) electrons. The predicted octanol–water partition coefficient (Wildman–Crippen LogP) is 4.35. The van der Waals surface area contributed by atoms with Gasteiger partial charge >= 0.3 is 0 Å². The highest BCUT2D eigenvalue weighted by Gasteiger charge is 2.20. The standard InChI is InChI=1S/C27H33N7O2S/c1-34(14-5-15-35)24-13-12-22-25(33-24)37-27(30-22)32-23-17-20(16-18-6-3-2-4-7-18)29-26(31-23)28-19-8-10-21(36)11-9-19/h2-4,6-7,12-13,17,19,21,35-36H,5,8-11,14-16H2,1H3,(H2,28,29,30,31,32)/t19-,21-. The van der Waals surface area contributed by atoms with Gasteiger partial charge in [0.15, 0.2) is 5.13 Å². The van der Waals surface area contributed by atoms with E-state index in [1.807, 2.05) is 48.3 Å². The minimum atomic E-state index is -0.205. The summed E-state index contributed by atoms with van der Waals surface area (Å²) in [6, 6.07) is 16.4. The number of nitrogens with zero attached hydrogens (tertiary/aromatic N) is 5. The molecule has 5 rings (SSSR count). The number of pyridine rings is 1. The average molecular weight is 520 g/mol. The molecule has 0 bridgehead atoms. The predicted molar refractivity (Wildman–Crippen MR) is 149 cm³/mol. The van der Waals surface area contributed by atoms with E-state index in [0.717, 1.165) is 54.1 Å². The van der Waals surface area contributed by atoms with Gasteiger partial charge in [-0.25, -0.2) is 15.0 Å². The van der Waals surface area contributed by atoms with Gasteiger partial charge < -0.3 is 25.7 Å². The Morgan fingerprint density at radius 3 is 2.59 bits per heavy atom. The van der Waals surface area contributed by atoms with Gasteiger partial charge in [0.1, 0.15) is 22.0 Å². The second kappa shape index (κ2) is 11.8. The maximum Gasteiger partial charge on any atom is 0.225 e. The number of anilines is 4. The third-order valence-corrected chi connectivity index (χ3v) is 7.44. The molecule has 1 aromatic carbocycles. The van der Waals surface area contributed by atoms with E-state index in [1.54, 1.807) is 0 Å². The van der Waals surface area contributed by atoms with Crippen molar-refractivity contribution in [3.8, 4) is 0 Å². The van der Waals surface area contributed by atoms with Crippen molar-refractivity contribution >= 4 is 44.4 Å². The van der Waals surface area contributed by atoms with Gasteiger partial charge in [-0.1, -0.05) is 41.7 Å². The topological polar surface area (TPSA) is 119 Å².